The minimum absolute atomic E-state index is 0.0126. The molecule has 34 heavy (non-hydrogen) atoms. The predicted molar refractivity (Wildman–Crippen MR) is 135 cm³/mol. The van der Waals surface area contributed by atoms with Crippen LogP contribution >= 0.6 is 11.6 Å². The quantitative estimate of drug-likeness (QED) is 0.546. The van der Waals surface area contributed by atoms with Crippen molar-refractivity contribution in [1.29, 1.82) is 0 Å². The van der Waals surface area contributed by atoms with Gasteiger partial charge in [-0.1, -0.05) is 31.0 Å². The van der Waals surface area contributed by atoms with Crippen LogP contribution in [0, 0.1) is 6.92 Å². The second-order valence-corrected chi connectivity index (χ2v) is 8.96. The molecule has 1 saturated heterocycles. The highest BCUT2D eigenvalue weighted by molar-refractivity contribution is 6.30. The average molecular weight is 480 g/mol. The Morgan fingerprint density at radius 3 is 2.68 bits per heavy atom. The van der Waals surface area contributed by atoms with Gasteiger partial charge >= 0.3 is 0 Å². The van der Waals surface area contributed by atoms with Crippen LogP contribution in [0.25, 0.3) is 5.69 Å². The molecule has 1 fully saturated rings. The average Bonchev–Trinajstić information content (AvgIpc) is 3.06. The van der Waals surface area contributed by atoms with Crippen molar-refractivity contribution in [3.05, 3.63) is 76.1 Å². The van der Waals surface area contributed by atoms with E-state index in [2.05, 4.69) is 22.7 Å². The van der Waals surface area contributed by atoms with Crippen LogP contribution in [0.15, 0.2) is 48.7 Å². The van der Waals surface area contributed by atoms with Crippen LogP contribution in [0.5, 0.6) is 0 Å². The summed E-state index contributed by atoms with van der Waals surface area (Å²) in [5.74, 6) is -0.253. The topological polar surface area (TPSA) is 79.3 Å². The Bertz CT molecular complexity index is 1160. The first-order chi connectivity index (χ1) is 16.5. The molecule has 4 rings (SSSR count). The van der Waals surface area contributed by atoms with Gasteiger partial charge < -0.3 is 15.5 Å². The Labute approximate surface area is 205 Å². The van der Waals surface area contributed by atoms with Crippen LogP contribution in [0.4, 0.5) is 5.69 Å². The number of nitrogens with one attached hydrogen (secondary N) is 2. The van der Waals surface area contributed by atoms with E-state index in [0.717, 1.165) is 49.4 Å². The third-order valence-electron chi connectivity index (χ3n) is 6.03. The predicted octanol–water partition coefficient (Wildman–Crippen LogP) is 4.47. The molecule has 8 heteroatoms. The monoisotopic (exact) mass is 479 g/mol. The van der Waals surface area contributed by atoms with Crippen molar-refractivity contribution < 1.29 is 9.59 Å². The normalized spacial score (nSPS) is 14.0. The second-order valence-electron chi connectivity index (χ2n) is 8.52. The van der Waals surface area contributed by atoms with E-state index in [1.807, 2.05) is 36.1 Å². The molecule has 1 aliphatic rings. The number of carbonyl (C=O) groups excluding carboxylic acids is 2. The van der Waals surface area contributed by atoms with Crippen molar-refractivity contribution in [3.63, 3.8) is 0 Å². The third-order valence-corrected chi connectivity index (χ3v) is 6.28. The molecular formula is C26H30ClN5O2. The number of benzene rings is 2. The molecule has 0 aliphatic carbocycles. The van der Waals surface area contributed by atoms with Gasteiger partial charge in [0.2, 0.25) is 0 Å². The number of amides is 2. The molecule has 0 saturated carbocycles. The smallest absolute Gasteiger partial charge is 0.259 e. The van der Waals surface area contributed by atoms with Gasteiger partial charge in [-0.25, -0.2) is 4.68 Å². The molecule has 2 amide bonds. The van der Waals surface area contributed by atoms with Crippen molar-refractivity contribution in [3.8, 4) is 5.69 Å². The van der Waals surface area contributed by atoms with Crippen molar-refractivity contribution in [1.82, 2.24) is 20.0 Å². The number of aryl methyl sites for hydroxylation is 1. The number of carbonyl (C=O) groups is 2. The van der Waals surface area contributed by atoms with Gasteiger partial charge in [0.25, 0.3) is 11.8 Å². The molecule has 2 heterocycles. The zero-order chi connectivity index (χ0) is 24.1. The minimum atomic E-state index is -0.240. The summed E-state index contributed by atoms with van der Waals surface area (Å²) in [6.45, 7) is 7.11. The number of hydrogen-bond acceptors (Lipinski definition) is 4. The van der Waals surface area contributed by atoms with Crippen molar-refractivity contribution in [2.24, 2.45) is 0 Å². The van der Waals surface area contributed by atoms with E-state index >= 15 is 0 Å². The number of aromatic nitrogens is 2. The molecule has 0 unspecified atom stereocenters. The molecule has 7 nitrogen and oxygen atoms in total. The lowest BCUT2D eigenvalue weighted by Gasteiger charge is -2.20. The minimum Gasteiger partial charge on any atom is -0.337 e. The third kappa shape index (κ3) is 5.32. The van der Waals surface area contributed by atoms with Gasteiger partial charge in [0, 0.05) is 35.9 Å². The first kappa shape index (κ1) is 24.0. The van der Waals surface area contributed by atoms with E-state index in [9.17, 15) is 9.59 Å². The molecule has 2 N–H and O–H groups in total. The van der Waals surface area contributed by atoms with E-state index in [1.165, 1.54) is 0 Å². The maximum Gasteiger partial charge on any atom is 0.259 e. The number of nitrogens with zero attached hydrogens (tertiary/aromatic N) is 3. The first-order valence-corrected chi connectivity index (χ1v) is 12.1. The lowest BCUT2D eigenvalue weighted by molar-refractivity contribution is 0.0766. The van der Waals surface area contributed by atoms with E-state index < -0.39 is 0 Å². The van der Waals surface area contributed by atoms with E-state index in [-0.39, 0.29) is 11.8 Å². The van der Waals surface area contributed by atoms with Crippen LogP contribution in [-0.4, -0.2) is 52.7 Å². The molecule has 178 valence electrons. The molecular weight excluding hydrogens is 450 g/mol. The Morgan fingerprint density at radius 2 is 1.91 bits per heavy atom. The van der Waals surface area contributed by atoms with Gasteiger partial charge in [0.05, 0.1) is 23.1 Å². The van der Waals surface area contributed by atoms with Crippen molar-refractivity contribution in [2.45, 2.75) is 33.1 Å². The lowest BCUT2D eigenvalue weighted by atomic mass is 10.1. The Kier molecular flexibility index (Phi) is 7.65. The largest absolute Gasteiger partial charge is 0.337 e. The molecule has 3 aromatic rings. The maximum absolute atomic E-state index is 13.3. The zero-order valence-corrected chi connectivity index (χ0v) is 20.4. The van der Waals surface area contributed by atoms with E-state index in [0.29, 0.717) is 34.8 Å². The zero-order valence-electron chi connectivity index (χ0n) is 19.6. The SMILES string of the molecule is CCCc1c(C(=O)Nc2cc(C(=O)N3CCCNCC3)ccc2C)cnn1-c1ccc(Cl)cc1. The van der Waals surface area contributed by atoms with Gasteiger partial charge in [0.15, 0.2) is 0 Å². The summed E-state index contributed by atoms with van der Waals surface area (Å²) < 4.78 is 1.79. The molecule has 0 spiro atoms. The summed E-state index contributed by atoms with van der Waals surface area (Å²) in [5, 5.41) is 11.5. The number of rotatable bonds is 6. The Balaban J connectivity index is 1.58. The highest BCUT2D eigenvalue weighted by Crippen LogP contribution is 2.23. The van der Waals surface area contributed by atoms with Gasteiger partial charge in [0.1, 0.15) is 0 Å². The summed E-state index contributed by atoms with van der Waals surface area (Å²) in [7, 11) is 0. The van der Waals surface area contributed by atoms with Crippen LogP contribution in [-0.2, 0) is 6.42 Å². The molecule has 1 aromatic heterocycles. The molecule has 2 aromatic carbocycles. The van der Waals surface area contributed by atoms with Crippen LogP contribution < -0.4 is 10.6 Å². The fraction of sp³-hybridized carbons (Fsp3) is 0.346. The maximum atomic E-state index is 13.3. The van der Waals surface area contributed by atoms with Gasteiger partial charge in [-0.15, -0.1) is 0 Å². The summed E-state index contributed by atoms with van der Waals surface area (Å²) in [6, 6.07) is 12.9. The second kappa shape index (κ2) is 10.8. The molecule has 1 aliphatic heterocycles. The first-order valence-electron chi connectivity index (χ1n) is 11.7. The van der Waals surface area contributed by atoms with Crippen LogP contribution in [0.3, 0.4) is 0 Å². The van der Waals surface area contributed by atoms with Gasteiger partial charge in [-0.3, -0.25) is 9.59 Å². The fourth-order valence-electron chi connectivity index (χ4n) is 4.16. The highest BCUT2D eigenvalue weighted by Gasteiger charge is 2.21. The summed E-state index contributed by atoms with van der Waals surface area (Å²) in [6.07, 6.45) is 4.10. The van der Waals surface area contributed by atoms with E-state index in [1.54, 1.807) is 29.1 Å². The standard InChI is InChI=1S/C26H30ClN5O2/c1-3-5-24-22(17-29-32(24)21-10-8-20(27)9-11-21)25(33)30-23-16-19(7-6-18(23)2)26(34)31-14-4-12-28-13-15-31/h6-11,16-17,28H,3-5,12-15H2,1-2H3,(H,30,33). The highest BCUT2D eigenvalue weighted by atomic mass is 35.5. The number of hydrogen-bond donors (Lipinski definition) is 2. The molecule has 0 bridgehead atoms. The number of anilines is 1. The van der Waals surface area contributed by atoms with Gasteiger partial charge in [-0.2, -0.15) is 5.10 Å². The lowest BCUT2D eigenvalue weighted by Crippen LogP contribution is -2.34. The molecule has 0 radical (unpaired) electrons. The summed E-state index contributed by atoms with van der Waals surface area (Å²) in [4.78, 5) is 28.2. The Morgan fingerprint density at radius 1 is 1.12 bits per heavy atom. The van der Waals surface area contributed by atoms with Gasteiger partial charge in [-0.05, 0) is 68.3 Å². The van der Waals surface area contributed by atoms with Crippen molar-refractivity contribution in [2.75, 3.05) is 31.5 Å². The fourth-order valence-corrected chi connectivity index (χ4v) is 4.28. The van der Waals surface area contributed by atoms with Crippen LogP contribution in [0.2, 0.25) is 5.02 Å². The number of halogens is 1. The molecule has 0 atom stereocenters. The summed E-state index contributed by atoms with van der Waals surface area (Å²) >= 11 is 6.03. The van der Waals surface area contributed by atoms with E-state index in [4.69, 9.17) is 11.6 Å². The summed E-state index contributed by atoms with van der Waals surface area (Å²) in [5.41, 5.74) is 4.31. The van der Waals surface area contributed by atoms with Crippen LogP contribution in [0.1, 0.15) is 51.7 Å². The Hall–Kier alpha value is -3.16. The van der Waals surface area contributed by atoms with Crippen molar-refractivity contribution >= 4 is 29.1 Å².